The highest BCUT2D eigenvalue weighted by Gasteiger charge is 2.64. The second-order valence-electron chi connectivity index (χ2n) is 9.88. The zero-order valence-corrected chi connectivity index (χ0v) is 15.3. The number of nitrogens with one attached hydrogen (secondary N) is 1. The summed E-state index contributed by atoms with van der Waals surface area (Å²) in [6.45, 7) is 10.6. The van der Waals surface area contributed by atoms with Crippen LogP contribution in [0.3, 0.4) is 0 Å². The third kappa shape index (κ3) is 2.24. The SMILES string of the molecule is CC(C)(C)OC(=O)N1[C@@H]2CC[C@@]1(C)C(C1C[C@@H]3CC[C@@]1(C)N3)C2. The maximum Gasteiger partial charge on any atom is 0.411 e. The first kappa shape index (κ1) is 15.7. The number of amides is 1. The van der Waals surface area contributed by atoms with Gasteiger partial charge in [-0.3, -0.25) is 4.90 Å². The summed E-state index contributed by atoms with van der Waals surface area (Å²) in [5, 5.41) is 3.86. The van der Waals surface area contributed by atoms with Gasteiger partial charge in [-0.25, -0.2) is 4.79 Å². The van der Waals surface area contributed by atoms with E-state index in [4.69, 9.17) is 4.74 Å². The van der Waals surface area contributed by atoms with Crippen LogP contribution in [0.15, 0.2) is 0 Å². The van der Waals surface area contributed by atoms with Crippen LogP contribution in [0.2, 0.25) is 0 Å². The van der Waals surface area contributed by atoms with Crippen molar-refractivity contribution in [2.24, 2.45) is 11.8 Å². The van der Waals surface area contributed by atoms with Gasteiger partial charge in [0.25, 0.3) is 0 Å². The quantitative estimate of drug-likeness (QED) is 0.801. The van der Waals surface area contributed by atoms with Crippen LogP contribution in [-0.4, -0.2) is 39.8 Å². The van der Waals surface area contributed by atoms with Crippen molar-refractivity contribution in [3.63, 3.8) is 0 Å². The van der Waals surface area contributed by atoms with Gasteiger partial charge < -0.3 is 10.1 Å². The van der Waals surface area contributed by atoms with Crippen LogP contribution in [0.5, 0.6) is 0 Å². The number of fused-ring (bicyclic) bond motifs is 4. The minimum absolute atomic E-state index is 0.00711. The topological polar surface area (TPSA) is 41.6 Å². The summed E-state index contributed by atoms with van der Waals surface area (Å²) in [7, 11) is 0. The molecule has 1 amide bonds. The lowest BCUT2D eigenvalue weighted by molar-refractivity contribution is 0.00229. The van der Waals surface area contributed by atoms with Gasteiger partial charge in [0.2, 0.25) is 0 Å². The van der Waals surface area contributed by atoms with Crippen molar-refractivity contribution in [1.82, 2.24) is 10.2 Å². The number of carbonyl (C=O) groups is 1. The molecule has 4 heterocycles. The van der Waals surface area contributed by atoms with Gasteiger partial charge in [0.15, 0.2) is 0 Å². The lowest BCUT2D eigenvalue weighted by Crippen LogP contribution is -2.52. The molecule has 4 saturated heterocycles. The lowest BCUT2D eigenvalue weighted by atomic mass is 9.63. The largest absolute Gasteiger partial charge is 0.444 e. The Morgan fingerprint density at radius 2 is 1.87 bits per heavy atom. The normalized spacial score (nSPS) is 48.3. The van der Waals surface area contributed by atoms with E-state index < -0.39 is 5.60 Å². The van der Waals surface area contributed by atoms with Crippen LogP contribution in [0, 0.1) is 11.8 Å². The maximum atomic E-state index is 12.8. The molecule has 0 spiro atoms. The summed E-state index contributed by atoms with van der Waals surface area (Å²) in [6.07, 6.45) is 7.29. The summed E-state index contributed by atoms with van der Waals surface area (Å²) < 4.78 is 5.74. The van der Waals surface area contributed by atoms with E-state index in [-0.39, 0.29) is 11.6 Å². The van der Waals surface area contributed by atoms with Gasteiger partial charge in [-0.05, 0) is 85.0 Å². The van der Waals surface area contributed by atoms with Gasteiger partial charge in [-0.1, -0.05) is 0 Å². The van der Waals surface area contributed by atoms with E-state index in [0.717, 1.165) is 12.8 Å². The van der Waals surface area contributed by atoms with Gasteiger partial charge in [-0.2, -0.15) is 0 Å². The molecule has 4 bridgehead atoms. The van der Waals surface area contributed by atoms with Crippen LogP contribution >= 0.6 is 0 Å². The molecule has 0 aliphatic carbocycles. The second kappa shape index (κ2) is 4.65. The fraction of sp³-hybridized carbons (Fsp3) is 0.947. The fourth-order valence-corrected chi connectivity index (χ4v) is 6.26. The molecule has 4 aliphatic heterocycles. The van der Waals surface area contributed by atoms with E-state index in [1.165, 1.54) is 25.7 Å². The summed E-state index contributed by atoms with van der Waals surface area (Å²) in [5.41, 5.74) is -0.125. The van der Waals surface area contributed by atoms with Gasteiger partial charge in [0.1, 0.15) is 5.60 Å². The fourth-order valence-electron chi connectivity index (χ4n) is 6.26. The summed E-state index contributed by atoms with van der Waals surface area (Å²) in [6, 6.07) is 1.10. The first-order valence-corrected chi connectivity index (χ1v) is 9.42. The van der Waals surface area contributed by atoms with Crippen molar-refractivity contribution in [3.8, 4) is 0 Å². The minimum atomic E-state index is -0.412. The Labute approximate surface area is 140 Å². The van der Waals surface area contributed by atoms with Gasteiger partial charge in [0, 0.05) is 23.2 Å². The molecule has 4 rings (SSSR count). The zero-order chi connectivity index (χ0) is 16.6. The summed E-state index contributed by atoms with van der Waals surface area (Å²) in [4.78, 5) is 14.9. The van der Waals surface area contributed by atoms with Gasteiger partial charge in [0.05, 0.1) is 0 Å². The maximum absolute atomic E-state index is 12.8. The van der Waals surface area contributed by atoms with Crippen LogP contribution < -0.4 is 5.32 Å². The molecule has 0 radical (unpaired) electrons. The Morgan fingerprint density at radius 1 is 1.13 bits per heavy atom. The number of hydrogen-bond acceptors (Lipinski definition) is 3. The lowest BCUT2D eigenvalue weighted by Gasteiger charge is -2.44. The van der Waals surface area contributed by atoms with Crippen LogP contribution in [-0.2, 0) is 4.74 Å². The van der Waals surface area contributed by atoms with Crippen LogP contribution in [0.1, 0.15) is 73.1 Å². The van der Waals surface area contributed by atoms with E-state index in [9.17, 15) is 4.79 Å². The van der Waals surface area contributed by atoms with Crippen molar-refractivity contribution in [3.05, 3.63) is 0 Å². The Balaban J connectivity index is 1.58. The van der Waals surface area contributed by atoms with E-state index in [1.54, 1.807) is 0 Å². The van der Waals surface area contributed by atoms with E-state index >= 15 is 0 Å². The molecule has 0 aromatic heterocycles. The first-order valence-electron chi connectivity index (χ1n) is 9.42. The zero-order valence-electron chi connectivity index (χ0n) is 15.3. The predicted octanol–water partition coefficient (Wildman–Crippen LogP) is 3.70. The Bertz CT molecular complexity index is 528. The van der Waals surface area contributed by atoms with Crippen molar-refractivity contribution >= 4 is 6.09 Å². The molecule has 4 fully saturated rings. The molecule has 0 saturated carbocycles. The summed E-state index contributed by atoms with van der Waals surface area (Å²) in [5.74, 6) is 1.33. The highest BCUT2D eigenvalue weighted by Crippen LogP contribution is 2.58. The third-order valence-corrected chi connectivity index (χ3v) is 7.20. The number of nitrogens with zero attached hydrogens (tertiary/aromatic N) is 1. The average Bonchev–Trinajstić information content (AvgIpc) is 3.09. The molecule has 1 N–H and O–H groups in total. The molecule has 0 aromatic rings. The van der Waals surface area contributed by atoms with Crippen molar-refractivity contribution < 1.29 is 9.53 Å². The predicted molar refractivity (Wildman–Crippen MR) is 90.3 cm³/mol. The van der Waals surface area contributed by atoms with Crippen molar-refractivity contribution in [1.29, 1.82) is 0 Å². The molecule has 23 heavy (non-hydrogen) atoms. The number of carbonyl (C=O) groups excluding carboxylic acids is 1. The van der Waals surface area contributed by atoms with E-state index in [1.807, 2.05) is 20.8 Å². The molecular formula is C19H32N2O2. The third-order valence-electron chi connectivity index (χ3n) is 7.20. The number of hydrogen-bond donors (Lipinski definition) is 1. The molecule has 2 unspecified atom stereocenters. The van der Waals surface area contributed by atoms with E-state index in [2.05, 4.69) is 24.1 Å². The first-order chi connectivity index (χ1) is 10.6. The van der Waals surface area contributed by atoms with Crippen LogP contribution in [0.4, 0.5) is 4.79 Å². The Kier molecular flexibility index (Phi) is 3.18. The highest BCUT2D eigenvalue weighted by molar-refractivity contribution is 5.71. The molecule has 0 aromatic carbocycles. The number of rotatable bonds is 1. The molecule has 4 aliphatic rings. The molecule has 4 heteroatoms. The van der Waals surface area contributed by atoms with Crippen LogP contribution in [0.25, 0.3) is 0 Å². The molecule has 4 nitrogen and oxygen atoms in total. The average molecular weight is 320 g/mol. The smallest absolute Gasteiger partial charge is 0.411 e. The Hall–Kier alpha value is -0.770. The second-order valence-corrected chi connectivity index (χ2v) is 9.88. The monoisotopic (exact) mass is 320 g/mol. The number of ether oxygens (including phenoxy) is 1. The molecule has 6 atom stereocenters. The van der Waals surface area contributed by atoms with Crippen molar-refractivity contribution in [2.75, 3.05) is 0 Å². The van der Waals surface area contributed by atoms with Gasteiger partial charge >= 0.3 is 6.09 Å². The molecule has 130 valence electrons. The minimum Gasteiger partial charge on any atom is -0.444 e. The van der Waals surface area contributed by atoms with E-state index in [0.29, 0.717) is 29.5 Å². The molecular weight excluding hydrogens is 288 g/mol. The Morgan fingerprint density at radius 3 is 2.43 bits per heavy atom. The summed E-state index contributed by atoms with van der Waals surface area (Å²) >= 11 is 0. The van der Waals surface area contributed by atoms with Crippen molar-refractivity contribution in [2.45, 2.75) is 102 Å². The van der Waals surface area contributed by atoms with Gasteiger partial charge in [-0.15, -0.1) is 0 Å². The highest BCUT2D eigenvalue weighted by atomic mass is 16.6. The standard InChI is InChI=1S/C19H32N2O2/c1-17(2,3)23-16(22)21-13-7-9-19(21,5)15(11-13)14-10-12-6-8-18(14,4)20-12/h12-15,20H,6-11H2,1-5H3/t12-,13+,14?,15?,18+,19-/m0/s1.